The van der Waals surface area contributed by atoms with Gasteiger partial charge >= 0.3 is 0 Å². The number of aryl methyl sites for hydroxylation is 2. The van der Waals surface area contributed by atoms with E-state index in [1.54, 1.807) is 0 Å². The molecule has 1 N–H and O–H groups in total. The van der Waals surface area contributed by atoms with Crippen molar-refractivity contribution < 1.29 is 4.79 Å². The van der Waals surface area contributed by atoms with Crippen LogP contribution in [-0.2, 0) is 16.6 Å². The molecule has 4 nitrogen and oxygen atoms in total. The Bertz CT molecular complexity index is 719. The van der Waals surface area contributed by atoms with Crippen LogP contribution in [0, 0.1) is 13.8 Å². The van der Waals surface area contributed by atoms with Crippen LogP contribution in [0.3, 0.4) is 0 Å². The van der Waals surface area contributed by atoms with Crippen molar-refractivity contribution >= 4 is 17.5 Å². The molecular weight excluding hydrogens is 322 g/mol. The first-order chi connectivity index (χ1) is 11.5. The van der Waals surface area contributed by atoms with Crippen molar-refractivity contribution in [2.45, 2.75) is 44.9 Å². The van der Waals surface area contributed by atoms with Crippen molar-refractivity contribution in [2.24, 2.45) is 0 Å². The number of hydrogen-bond donors (Lipinski definition) is 1. The lowest BCUT2D eigenvalue weighted by molar-refractivity contribution is -0.129. The molecule has 0 atom stereocenters. The second kappa shape index (κ2) is 6.89. The van der Waals surface area contributed by atoms with Gasteiger partial charge in [-0.1, -0.05) is 30.2 Å². The van der Waals surface area contributed by atoms with Gasteiger partial charge in [0.2, 0.25) is 5.91 Å². The van der Waals surface area contributed by atoms with Crippen LogP contribution in [0.15, 0.2) is 30.3 Å². The highest BCUT2D eigenvalue weighted by Gasteiger charge is 2.45. The largest absolute Gasteiger partial charge is 0.355 e. The molecular formula is C19H22ClN3O. The van der Waals surface area contributed by atoms with E-state index in [0.717, 1.165) is 42.0 Å². The van der Waals surface area contributed by atoms with Gasteiger partial charge in [0.1, 0.15) is 5.82 Å². The number of nitrogens with zero attached hydrogens (tertiary/aromatic N) is 2. The first-order valence-corrected chi connectivity index (χ1v) is 8.73. The predicted molar refractivity (Wildman–Crippen MR) is 95.2 cm³/mol. The standard InChI is InChI=1S/C19H22ClN3O/c1-13-12-14(2)23-17(22-13)8-11-21-18(24)19(9-3-10-19)15-4-6-16(20)7-5-15/h4-7,12H,3,8-11H2,1-2H3,(H,21,24). The van der Waals surface area contributed by atoms with Gasteiger partial charge in [0, 0.05) is 29.4 Å². The number of aromatic nitrogens is 2. The number of halogens is 1. The Kier molecular flexibility index (Phi) is 4.86. The monoisotopic (exact) mass is 343 g/mol. The van der Waals surface area contributed by atoms with E-state index >= 15 is 0 Å². The minimum atomic E-state index is -0.395. The molecule has 0 bridgehead atoms. The van der Waals surface area contributed by atoms with Crippen molar-refractivity contribution in [3.63, 3.8) is 0 Å². The molecule has 126 valence electrons. The number of amides is 1. The maximum atomic E-state index is 12.8. The SMILES string of the molecule is Cc1cc(C)nc(CCNC(=O)C2(c3ccc(Cl)cc3)CCC2)n1. The molecule has 24 heavy (non-hydrogen) atoms. The van der Waals surface area contributed by atoms with Crippen molar-refractivity contribution in [3.8, 4) is 0 Å². The summed E-state index contributed by atoms with van der Waals surface area (Å²) in [6.07, 6.45) is 3.50. The Balaban J connectivity index is 1.64. The molecule has 0 saturated heterocycles. The van der Waals surface area contributed by atoms with Gasteiger partial charge < -0.3 is 5.32 Å². The highest BCUT2D eigenvalue weighted by atomic mass is 35.5. The number of benzene rings is 1. The average molecular weight is 344 g/mol. The molecule has 1 amide bonds. The molecule has 0 spiro atoms. The fraction of sp³-hybridized carbons (Fsp3) is 0.421. The van der Waals surface area contributed by atoms with Crippen molar-refractivity contribution in [1.29, 1.82) is 0 Å². The maximum Gasteiger partial charge on any atom is 0.230 e. The van der Waals surface area contributed by atoms with E-state index in [9.17, 15) is 4.79 Å². The average Bonchev–Trinajstić information content (AvgIpc) is 2.47. The van der Waals surface area contributed by atoms with Crippen LogP contribution in [0.4, 0.5) is 0 Å². The molecule has 0 aliphatic heterocycles. The van der Waals surface area contributed by atoms with E-state index in [1.807, 2.05) is 44.2 Å². The molecule has 1 fully saturated rings. The van der Waals surface area contributed by atoms with E-state index in [-0.39, 0.29) is 5.91 Å². The molecule has 1 aliphatic carbocycles. The third-order valence-corrected chi connectivity index (χ3v) is 4.95. The first-order valence-electron chi connectivity index (χ1n) is 8.35. The summed E-state index contributed by atoms with van der Waals surface area (Å²) in [5.41, 5.74) is 2.58. The summed E-state index contributed by atoms with van der Waals surface area (Å²) in [5.74, 6) is 0.877. The molecule has 5 heteroatoms. The minimum absolute atomic E-state index is 0.0976. The fourth-order valence-corrected chi connectivity index (χ4v) is 3.44. The fourth-order valence-electron chi connectivity index (χ4n) is 3.31. The molecule has 1 saturated carbocycles. The van der Waals surface area contributed by atoms with E-state index in [0.29, 0.717) is 18.0 Å². The van der Waals surface area contributed by atoms with Crippen LogP contribution < -0.4 is 5.32 Å². The number of rotatable bonds is 5. The quantitative estimate of drug-likeness (QED) is 0.903. The highest BCUT2D eigenvalue weighted by molar-refractivity contribution is 6.30. The van der Waals surface area contributed by atoms with Gasteiger partial charge in [-0.05, 0) is 50.5 Å². The van der Waals surface area contributed by atoms with E-state index in [1.165, 1.54) is 0 Å². The van der Waals surface area contributed by atoms with Crippen LogP contribution in [0.2, 0.25) is 5.02 Å². The normalized spacial score (nSPS) is 15.6. The molecule has 0 radical (unpaired) electrons. The number of carbonyl (C=O) groups excluding carboxylic acids is 1. The molecule has 1 aromatic heterocycles. The van der Waals surface area contributed by atoms with Crippen molar-refractivity contribution in [2.75, 3.05) is 6.54 Å². The Hall–Kier alpha value is -1.94. The lowest BCUT2D eigenvalue weighted by atomic mass is 9.64. The Morgan fingerprint density at radius 3 is 2.33 bits per heavy atom. The van der Waals surface area contributed by atoms with E-state index in [2.05, 4.69) is 15.3 Å². The van der Waals surface area contributed by atoms with Crippen molar-refractivity contribution in [3.05, 3.63) is 58.1 Å². The third-order valence-electron chi connectivity index (χ3n) is 4.70. The van der Waals surface area contributed by atoms with Gasteiger partial charge in [-0.2, -0.15) is 0 Å². The van der Waals surface area contributed by atoms with Gasteiger partial charge in [0.25, 0.3) is 0 Å². The van der Waals surface area contributed by atoms with Crippen LogP contribution in [0.5, 0.6) is 0 Å². The summed E-state index contributed by atoms with van der Waals surface area (Å²) in [6, 6.07) is 9.59. The molecule has 1 aliphatic rings. The maximum absolute atomic E-state index is 12.8. The molecule has 3 rings (SSSR count). The molecule has 2 aromatic rings. The summed E-state index contributed by atoms with van der Waals surface area (Å²) >= 11 is 5.97. The van der Waals surface area contributed by atoms with E-state index in [4.69, 9.17) is 11.6 Å². The molecule has 1 aromatic carbocycles. The Morgan fingerprint density at radius 2 is 1.79 bits per heavy atom. The summed E-state index contributed by atoms with van der Waals surface area (Å²) in [6.45, 7) is 4.47. The Labute approximate surface area is 147 Å². The molecule has 0 unspecified atom stereocenters. The topological polar surface area (TPSA) is 54.9 Å². The van der Waals surface area contributed by atoms with Gasteiger partial charge in [-0.25, -0.2) is 9.97 Å². The van der Waals surface area contributed by atoms with Gasteiger partial charge in [0.05, 0.1) is 5.41 Å². The summed E-state index contributed by atoms with van der Waals surface area (Å²) in [4.78, 5) is 21.6. The zero-order chi connectivity index (χ0) is 17.2. The first kappa shape index (κ1) is 16.9. The number of hydrogen-bond acceptors (Lipinski definition) is 3. The molecule has 1 heterocycles. The predicted octanol–water partition coefficient (Wildman–Crippen LogP) is 3.53. The third kappa shape index (κ3) is 3.44. The van der Waals surface area contributed by atoms with Gasteiger partial charge in [0.15, 0.2) is 0 Å². The lowest BCUT2D eigenvalue weighted by Gasteiger charge is -2.40. The summed E-state index contributed by atoms with van der Waals surface area (Å²) in [7, 11) is 0. The summed E-state index contributed by atoms with van der Waals surface area (Å²) in [5, 5.41) is 3.77. The smallest absolute Gasteiger partial charge is 0.230 e. The van der Waals surface area contributed by atoms with E-state index < -0.39 is 5.41 Å². The number of carbonyl (C=O) groups is 1. The lowest BCUT2D eigenvalue weighted by Crippen LogP contribution is -2.49. The zero-order valence-electron chi connectivity index (χ0n) is 14.1. The number of nitrogens with one attached hydrogen (secondary N) is 1. The van der Waals surface area contributed by atoms with Crippen LogP contribution in [0.1, 0.15) is 42.0 Å². The van der Waals surface area contributed by atoms with Crippen LogP contribution >= 0.6 is 11.6 Å². The Morgan fingerprint density at radius 1 is 1.17 bits per heavy atom. The second-order valence-electron chi connectivity index (χ2n) is 6.52. The second-order valence-corrected chi connectivity index (χ2v) is 6.95. The minimum Gasteiger partial charge on any atom is -0.355 e. The van der Waals surface area contributed by atoms with Gasteiger partial charge in [-0.3, -0.25) is 4.79 Å². The summed E-state index contributed by atoms with van der Waals surface area (Å²) < 4.78 is 0. The highest BCUT2D eigenvalue weighted by Crippen LogP contribution is 2.44. The van der Waals surface area contributed by atoms with Gasteiger partial charge in [-0.15, -0.1) is 0 Å². The van der Waals surface area contributed by atoms with Crippen LogP contribution in [0.25, 0.3) is 0 Å². The zero-order valence-corrected chi connectivity index (χ0v) is 14.9. The van der Waals surface area contributed by atoms with Crippen molar-refractivity contribution in [1.82, 2.24) is 15.3 Å². The van der Waals surface area contributed by atoms with Crippen LogP contribution in [-0.4, -0.2) is 22.4 Å².